The van der Waals surface area contributed by atoms with Crippen LogP contribution >= 0.6 is 7.75 Å². The Morgan fingerprint density at radius 3 is 2.25 bits per heavy atom. The molecule has 0 aliphatic heterocycles. The monoisotopic (exact) mass is 195 g/mol. The molecule has 5 heteroatoms. The van der Waals surface area contributed by atoms with Crippen LogP contribution < -0.4 is 5.50 Å². The number of rotatable bonds is 7. The van der Waals surface area contributed by atoms with Crippen LogP contribution in [0.1, 0.15) is 33.1 Å². The molecule has 0 aromatic heterocycles. The van der Waals surface area contributed by atoms with Crippen molar-refractivity contribution in [1.29, 1.82) is 0 Å². The zero-order chi connectivity index (χ0) is 9.45. The zero-order valence-electron chi connectivity index (χ0n) is 7.78. The van der Waals surface area contributed by atoms with E-state index in [2.05, 4.69) is 0 Å². The maximum absolute atomic E-state index is 11.2. The summed E-state index contributed by atoms with van der Waals surface area (Å²) in [5, 5.41) is 0. The lowest BCUT2D eigenvalue weighted by atomic mass is 10.4. The SMILES string of the molecule is CCCCOP(N)(=O)OCCC. The van der Waals surface area contributed by atoms with E-state index >= 15 is 0 Å². The van der Waals surface area contributed by atoms with Crippen LogP contribution in [0.4, 0.5) is 0 Å². The molecule has 1 atom stereocenters. The Hall–Kier alpha value is 0.110. The second kappa shape index (κ2) is 6.61. The van der Waals surface area contributed by atoms with Crippen LogP contribution in [0.25, 0.3) is 0 Å². The minimum absolute atomic E-state index is 0.389. The van der Waals surface area contributed by atoms with E-state index in [-0.39, 0.29) is 0 Å². The minimum Gasteiger partial charge on any atom is -0.297 e. The van der Waals surface area contributed by atoms with Gasteiger partial charge in [-0.25, -0.2) is 10.1 Å². The van der Waals surface area contributed by atoms with Crippen molar-refractivity contribution in [3.63, 3.8) is 0 Å². The van der Waals surface area contributed by atoms with Gasteiger partial charge in [0, 0.05) is 0 Å². The molecular formula is C7H18NO3P. The van der Waals surface area contributed by atoms with Gasteiger partial charge in [0.05, 0.1) is 13.2 Å². The molecular weight excluding hydrogens is 177 g/mol. The van der Waals surface area contributed by atoms with Crippen molar-refractivity contribution >= 4 is 7.75 Å². The van der Waals surface area contributed by atoms with E-state index in [0.29, 0.717) is 13.2 Å². The molecule has 74 valence electrons. The Labute approximate surface area is 74.0 Å². The summed E-state index contributed by atoms with van der Waals surface area (Å²) in [5.41, 5.74) is 5.25. The predicted molar refractivity (Wildman–Crippen MR) is 48.9 cm³/mol. The summed E-state index contributed by atoms with van der Waals surface area (Å²) in [5.74, 6) is 0. The van der Waals surface area contributed by atoms with Crippen molar-refractivity contribution < 1.29 is 13.6 Å². The number of nitrogens with two attached hydrogens (primary N) is 1. The van der Waals surface area contributed by atoms with Gasteiger partial charge in [0.25, 0.3) is 0 Å². The van der Waals surface area contributed by atoms with Crippen LogP contribution in [0.5, 0.6) is 0 Å². The number of unbranched alkanes of at least 4 members (excludes halogenated alkanes) is 1. The summed E-state index contributed by atoms with van der Waals surface area (Å²) >= 11 is 0. The highest BCUT2D eigenvalue weighted by Crippen LogP contribution is 2.38. The van der Waals surface area contributed by atoms with Crippen LogP contribution in [0, 0.1) is 0 Å². The molecule has 0 saturated carbocycles. The van der Waals surface area contributed by atoms with Crippen LogP contribution in [0.15, 0.2) is 0 Å². The molecule has 0 heterocycles. The Kier molecular flexibility index (Phi) is 6.67. The van der Waals surface area contributed by atoms with Gasteiger partial charge in [0.2, 0.25) is 0 Å². The van der Waals surface area contributed by atoms with Gasteiger partial charge in [-0.05, 0) is 12.8 Å². The lowest BCUT2D eigenvalue weighted by Crippen LogP contribution is -2.05. The van der Waals surface area contributed by atoms with E-state index in [1.807, 2.05) is 13.8 Å². The lowest BCUT2D eigenvalue weighted by molar-refractivity contribution is 0.202. The second-order valence-corrected chi connectivity index (χ2v) is 4.16. The van der Waals surface area contributed by atoms with Crippen molar-refractivity contribution in [3.8, 4) is 0 Å². The summed E-state index contributed by atoms with van der Waals surface area (Å²) in [6, 6.07) is 0. The van der Waals surface area contributed by atoms with Crippen molar-refractivity contribution in [2.45, 2.75) is 33.1 Å². The largest absolute Gasteiger partial charge is 0.402 e. The van der Waals surface area contributed by atoms with E-state index in [9.17, 15) is 4.57 Å². The first-order chi connectivity index (χ1) is 5.62. The standard InChI is InChI=1S/C7H18NO3P/c1-3-5-7-11-12(8,9)10-6-4-2/h3-7H2,1-2H3,(H2,8,9). The Balaban J connectivity index is 3.49. The average Bonchev–Trinajstić information content (AvgIpc) is 2.01. The van der Waals surface area contributed by atoms with E-state index in [1.165, 1.54) is 0 Å². The lowest BCUT2D eigenvalue weighted by Gasteiger charge is -2.12. The normalized spacial score (nSPS) is 15.9. The maximum atomic E-state index is 11.2. The van der Waals surface area contributed by atoms with Crippen LogP contribution in [-0.4, -0.2) is 13.2 Å². The third kappa shape index (κ3) is 6.80. The van der Waals surface area contributed by atoms with Gasteiger partial charge in [-0.3, -0.25) is 9.05 Å². The molecule has 0 aromatic rings. The Bertz CT molecular complexity index is 152. The third-order valence-corrected chi connectivity index (χ3v) is 2.33. The Morgan fingerprint density at radius 2 is 1.75 bits per heavy atom. The maximum Gasteiger partial charge on any atom is 0.402 e. The van der Waals surface area contributed by atoms with E-state index in [4.69, 9.17) is 14.6 Å². The predicted octanol–water partition coefficient (Wildman–Crippen LogP) is 2.30. The van der Waals surface area contributed by atoms with E-state index in [0.717, 1.165) is 19.3 Å². The van der Waals surface area contributed by atoms with Gasteiger partial charge in [-0.15, -0.1) is 0 Å². The molecule has 0 bridgehead atoms. The first kappa shape index (κ1) is 12.1. The summed E-state index contributed by atoms with van der Waals surface area (Å²) < 4.78 is 20.9. The van der Waals surface area contributed by atoms with Crippen molar-refractivity contribution in [1.82, 2.24) is 0 Å². The molecule has 0 fully saturated rings. The average molecular weight is 195 g/mol. The Morgan fingerprint density at radius 1 is 1.17 bits per heavy atom. The zero-order valence-corrected chi connectivity index (χ0v) is 8.68. The van der Waals surface area contributed by atoms with Gasteiger partial charge in [0.15, 0.2) is 0 Å². The fraction of sp³-hybridized carbons (Fsp3) is 1.00. The van der Waals surface area contributed by atoms with E-state index in [1.54, 1.807) is 0 Å². The molecule has 0 aliphatic rings. The molecule has 0 aromatic carbocycles. The summed E-state index contributed by atoms with van der Waals surface area (Å²) in [6.45, 7) is 4.75. The van der Waals surface area contributed by atoms with Crippen molar-refractivity contribution in [2.75, 3.05) is 13.2 Å². The van der Waals surface area contributed by atoms with E-state index < -0.39 is 7.75 Å². The fourth-order valence-corrected chi connectivity index (χ4v) is 1.49. The quantitative estimate of drug-likeness (QED) is 0.500. The minimum atomic E-state index is -3.24. The number of hydrogen-bond donors (Lipinski definition) is 1. The highest BCUT2D eigenvalue weighted by Gasteiger charge is 2.16. The topological polar surface area (TPSA) is 61.5 Å². The van der Waals surface area contributed by atoms with Crippen LogP contribution in [-0.2, 0) is 13.6 Å². The molecule has 1 unspecified atom stereocenters. The van der Waals surface area contributed by atoms with Gasteiger partial charge in [0.1, 0.15) is 0 Å². The molecule has 12 heavy (non-hydrogen) atoms. The third-order valence-electron chi connectivity index (χ3n) is 1.24. The van der Waals surface area contributed by atoms with Gasteiger partial charge >= 0.3 is 7.75 Å². The molecule has 0 radical (unpaired) electrons. The summed E-state index contributed by atoms with van der Waals surface area (Å²) in [7, 11) is -3.24. The van der Waals surface area contributed by atoms with Crippen LogP contribution in [0.3, 0.4) is 0 Å². The van der Waals surface area contributed by atoms with Gasteiger partial charge < -0.3 is 0 Å². The van der Waals surface area contributed by atoms with Gasteiger partial charge in [-0.2, -0.15) is 0 Å². The molecule has 4 nitrogen and oxygen atoms in total. The molecule has 2 N–H and O–H groups in total. The summed E-state index contributed by atoms with van der Waals surface area (Å²) in [6.07, 6.45) is 2.64. The molecule has 0 aliphatic carbocycles. The summed E-state index contributed by atoms with van der Waals surface area (Å²) in [4.78, 5) is 0. The second-order valence-electron chi connectivity index (χ2n) is 2.56. The number of hydrogen-bond acceptors (Lipinski definition) is 3. The molecule has 0 saturated heterocycles. The molecule has 0 rings (SSSR count). The smallest absolute Gasteiger partial charge is 0.297 e. The fourth-order valence-electron chi connectivity index (χ4n) is 0.592. The molecule has 0 amide bonds. The highest BCUT2D eigenvalue weighted by molar-refractivity contribution is 7.51. The van der Waals surface area contributed by atoms with Crippen molar-refractivity contribution in [3.05, 3.63) is 0 Å². The molecule has 0 spiro atoms. The van der Waals surface area contributed by atoms with Crippen LogP contribution in [0.2, 0.25) is 0 Å². The van der Waals surface area contributed by atoms with Crippen molar-refractivity contribution in [2.24, 2.45) is 5.50 Å². The highest BCUT2D eigenvalue weighted by atomic mass is 31.2. The van der Waals surface area contributed by atoms with Gasteiger partial charge in [-0.1, -0.05) is 20.3 Å². The first-order valence-corrected chi connectivity index (χ1v) is 5.91. The first-order valence-electron chi connectivity index (χ1n) is 4.30.